The first kappa shape index (κ1) is 19.7. The van der Waals surface area contributed by atoms with Crippen molar-refractivity contribution in [3.05, 3.63) is 24.3 Å². The molecule has 1 aromatic carbocycles. The van der Waals surface area contributed by atoms with Crippen molar-refractivity contribution in [2.75, 3.05) is 24.7 Å². The van der Waals surface area contributed by atoms with Crippen molar-refractivity contribution in [3.8, 4) is 0 Å². The van der Waals surface area contributed by atoms with Crippen molar-refractivity contribution >= 4 is 29.7 Å². The summed E-state index contributed by atoms with van der Waals surface area (Å²) in [5.74, 6) is -0.596. The lowest BCUT2D eigenvalue weighted by atomic mass is 10.2. The van der Waals surface area contributed by atoms with E-state index in [1.165, 1.54) is 18.2 Å². The lowest BCUT2D eigenvalue weighted by Crippen LogP contribution is -2.32. The molecule has 2 fully saturated rings. The summed E-state index contributed by atoms with van der Waals surface area (Å²) >= 11 is 0. The maximum absolute atomic E-state index is 12.7. The summed E-state index contributed by atoms with van der Waals surface area (Å²) in [6.45, 7) is 0.727. The van der Waals surface area contributed by atoms with Gasteiger partial charge in [0.1, 0.15) is 0 Å². The van der Waals surface area contributed by atoms with Crippen LogP contribution in [0.25, 0.3) is 0 Å². The molecule has 146 valence electrons. The minimum Gasteiger partial charge on any atom is -0.377 e. The third-order valence-corrected chi connectivity index (χ3v) is 10.2. The first-order valence-electron chi connectivity index (χ1n) is 8.26. The molecule has 26 heavy (non-hydrogen) atoms. The van der Waals surface area contributed by atoms with E-state index in [0.29, 0.717) is 6.61 Å². The van der Waals surface area contributed by atoms with Crippen LogP contribution < -0.4 is 4.72 Å². The minimum atomic E-state index is -3.92. The van der Waals surface area contributed by atoms with Crippen LogP contribution in [-0.4, -0.2) is 61.3 Å². The van der Waals surface area contributed by atoms with Crippen molar-refractivity contribution in [1.82, 2.24) is 4.72 Å². The van der Waals surface area contributed by atoms with Crippen LogP contribution in [0.5, 0.6) is 0 Å². The summed E-state index contributed by atoms with van der Waals surface area (Å²) < 4.78 is 81.2. The molecule has 0 radical (unpaired) electrons. The highest BCUT2D eigenvalue weighted by Gasteiger charge is 2.38. The molecular weight excluding hydrogens is 402 g/mol. The van der Waals surface area contributed by atoms with Crippen LogP contribution in [0.1, 0.15) is 19.3 Å². The van der Waals surface area contributed by atoms with E-state index in [-0.39, 0.29) is 34.6 Å². The fourth-order valence-electron chi connectivity index (χ4n) is 3.11. The molecular formula is C15H21NO7S3. The molecule has 2 aliphatic rings. The van der Waals surface area contributed by atoms with Gasteiger partial charge < -0.3 is 4.74 Å². The Bertz CT molecular complexity index is 978. The summed E-state index contributed by atoms with van der Waals surface area (Å²) in [7, 11) is -11.2. The van der Waals surface area contributed by atoms with Crippen molar-refractivity contribution in [1.29, 1.82) is 0 Å². The topological polar surface area (TPSA) is 124 Å². The number of sulfone groups is 2. The first-order chi connectivity index (χ1) is 12.1. The zero-order valence-electron chi connectivity index (χ0n) is 14.0. The number of sulfonamides is 1. The van der Waals surface area contributed by atoms with Gasteiger partial charge in [-0.15, -0.1) is 0 Å². The Morgan fingerprint density at radius 3 is 2.46 bits per heavy atom. The summed E-state index contributed by atoms with van der Waals surface area (Å²) in [4.78, 5) is -0.350. The second-order valence-electron chi connectivity index (χ2n) is 6.53. The number of hydrogen-bond acceptors (Lipinski definition) is 7. The Morgan fingerprint density at radius 1 is 1.12 bits per heavy atom. The SMILES string of the molecule is O=S1(=O)CCC(S(=O)(=O)c2cccc(S(=O)(=O)NCC3CCCO3)c2)C1. The fourth-order valence-corrected chi connectivity index (χ4v) is 8.70. The van der Waals surface area contributed by atoms with E-state index in [4.69, 9.17) is 4.74 Å². The highest BCUT2D eigenvalue weighted by Crippen LogP contribution is 2.26. The molecule has 2 unspecified atom stereocenters. The summed E-state index contributed by atoms with van der Waals surface area (Å²) in [6, 6.07) is 5.02. The predicted molar refractivity (Wildman–Crippen MR) is 94.8 cm³/mol. The van der Waals surface area contributed by atoms with Crippen LogP contribution in [0.15, 0.2) is 34.1 Å². The molecule has 0 amide bonds. The molecule has 8 nitrogen and oxygen atoms in total. The molecule has 2 aliphatic heterocycles. The third kappa shape index (κ3) is 4.28. The summed E-state index contributed by atoms with van der Waals surface area (Å²) in [6.07, 6.45) is 1.50. The fraction of sp³-hybridized carbons (Fsp3) is 0.600. The molecule has 1 N–H and O–H groups in total. The molecule has 0 aromatic heterocycles. The van der Waals surface area contributed by atoms with Gasteiger partial charge in [-0.1, -0.05) is 6.07 Å². The van der Waals surface area contributed by atoms with Gasteiger partial charge in [0.15, 0.2) is 19.7 Å². The number of hydrogen-bond donors (Lipinski definition) is 1. The van der Waals surface area contributed by atoms with E-state index in [9.17, 15) is 25.3 Å². The standard InChI is InChI=1S/C15H21NO7S3/c17-24(18)8-6-15(11-24)25(19,20)13-4-1-5-14(9-13)26(21,22)16-10-12-3-2-7-23-12/h1,4-5,9,12,15-16H,2-3,6-8,10-11H2. The molecule has 0 spiro atoms. The molecule has 3 rings (SSSR count). The monoisotopic (exact) mass is 423 g/mol. The van der Waals surface area contributed by atoms with E-state index < -0.39 is 40.7 Å². The predicted octanol–water partition coefficient (Wildman–Crippen LogP) is 0.105. The summed E-state index contributed by atoms with van der Waals surface area (Å²) in [5.41, 5.74) is 0. The van der Waals surface area contributed by atoms with Gasteiger partial charge in [-0.3, -0.25) is 0 Å². The molecule has 2 saturated heterocycles. The largest absolute Gasteiger partial charge is 0.377 e. The zero-order valence-corrected chi connectivity index (χ0v) is 16.4. The van der Waals surface area contributed by atoms with E-state index in [0.717, 1.165) is 18.9 Å². The Kier molecular flexibility index (Phi) is 5.46. The Balaban J connectivity index is 1.81. The van der Waals surface area contributed by atoms with Crippen molar-refractivity contribution in [2.45, 2.75) is 40.4 Å². The molecule has 11 heteroatoms. The average Bonchev–Trinajstić information content (AvgIpc) is 3.22. The number of nitrogens with one attached hydrogen (secondary N) is 1. The van der Waals surface area contributed by atoms with Crippen LogP contribution in [0.3, 0.4) is 0 Å². The van der Waals surface area contributed by atoms with Crippen LogP contribution >= 0.6 is 0 Å². The van der Waals surface area contributed by atoms with Gasteiger partial charge in [-0.05, 0) is 37.5 Å². The first-order valence-corrected chi connectivity index (χ1v) is 13.1. The summed E-state index contributed by atoms with van der Waals surface area (Å²) in [5, 5.41) is -1.04. The second kappa shape index (κ2) is 7.19. The average molecular weight is 424 g/mol. The third-order valence-electron chi connectivity index (χ3n) is 4.60. The van der Waals surface area contributed by atoms with Gasteiger partial charge in [0.05, 0.1) is 32.7 Å². The molecule has 0 saturated carbocycles. The minimum absolute atomic E-state index is 0.0267. The van der Waals surface area contributed by atoms with E-state index >= 15 is 0 Å². The molecule has 1 aromatic rings. The zero-order chi connectivity index (χ0) is 19.0. The van der Waals surface area contributed by atoms with Gasteiger partial charge in [0, 0.05) is 13.2 Å². The molecule has 0 bridgehead atoms. The number of ether oxygens (including phenoxy) is 1. The van der Waals surface area contributed by atoms with E-state index in [1.807, 2.05) is 0 Å². The smallest absolute Gasteiger partial charge is 0.240 e. The van der Waals surface area contributed by atoms with E-state index in [1.54, 1.807) is 0 Å². The Labute approximate surface area is 153 Å². The van der Waals surface area contributed by atoms with Crippen LogP contribution in [-0.2, 0) is 34.4 Å². The maximum atomic E-state index is 12.7. The van der Waals surface area contributed by atoms with E-state index in [2.05, 4.69) is 4.72 Å². The molecule has 0 aliphatic carbocycles. The van der Waals surface area contributed by atoms with Gasteiger partial charge in [-0.2, -0.15) is 0 Å². The lowest BCUT2D eigenvalue weighted by molar-refractivity contribution is 0.114. The lowest BCUT2D eigenvalue weighted by Gasteiger charge is -2.13. The van der Waals surface area contributed by atoms with Gasteiger partial charge in [0.2, 0.25) is 10.0 Å². The quantitative estimate of drug-likeness (QED) is 0.688. The highest BCUT2D eigenvalue weighted by atomic mass is 32.2. The Morgan fingerprint density at radius 2 is 1.85 bits per heavy atom. The maximum Gasteiger partial charge on any atom is 0.240 e. The van der Waals surface area contributed by atoms with Crippen LogP contribution in [0.2, 0.25) is 0 Å². The van der Waals surface area contributed by atoms with Crippen molar-refractivity contribution < 1.29 is 30.0 Å². The van der Waals surface area contributed by atoms with Crippen molar-refractivity contribution in [3.63, 3.8) is 0 Å². The van der Waals surface area contributed by atoms with Gasteiger partial charge in [-0.25, -0.2) is 30.0 Å². The molecule has 2 heterocycles. The van der Waals surface area contributed by atoms with Crippen molar-refractivity contribution in [2.24, 2.45) is 0 Å². The number of benzene rings is 1. The second-order valence-corrected chi connectivity index (χ2v) is 12.8. The molecule has 2 atom stereocenters. The highest BCUT2D eigenvalue weighted by molar-refractivity contribution is 7.96. The normalized spacial score (nSPS) is 26.2. The number of rotatable bonds is 6. The van der Waals surface area contributed by atoms with Crippen LogP contribution in [0, 0.1) is 0 Å². The van der Waals surface area contributed by atoms with Gasteiger partial charge in [0.25, 0.3) is 0 Å². The van der Waals surface area contributed by atoms with Gasteiger partial charge >= 0.3 is 0 Å². The van der Waals surface area contributed by atoms with Crippen LogP contribution in [0.4, 0.5) is 0 Å². The Hall–Kier alpha value is -1.01.